The fourth-order valence-electron chi connectivity index (χ4n) is 2.92. The van der Waals surface area contributed by atoms with Gasteiger partial charge in [0, 0.05) is 19.0 Å². The topological polar surface area (TPSA) is 99.5 Å². The molecule has 3 heterocycles. The van der Waals surface area contributed by atoms with Crippen molar-refractivity contribution in [1.82, 2.24) is 14.5 Å². The van der Waals surface area contributed by atoms with E-state index in [2.05, 4.69) is 9.82 Å². The summed E-state index contributed by atoms with van der Waals surface area (Å²) in [5.74, 6) is 0.384. The van der Waals surface area contributed by atoms with Crippen LogP contribution in [0.1, 0.15) is 28.9 Å². The lowest BCUT2D eigenvalue weighted by Crippen LogP contribution is -2.31. The monoisotopic (exact) mass is 363 g/mol. The second-order valence-electron chi connectivity index (χ2n) is 5.95. The number of carbonyl (C=O) groups excluding carboxylic acids is 1. The number of amides is 1. The van der Waals surface area contributed by atoms with Crippen LogP contribution in [0.4, 0.5) is 0 Å². The van der Waals surface area contributed by atoms with Crippen molar-refractivity contribution in [3.05, 3.63) is 35.5 Å². The first-order chi connectivity index (χ1) is 12.0. The van der Waals surface area contributed by atoms with Crippen LogP contribution in [0.3, 0.4) is 0 Å². The van der Waals surface area contributed by atoms with E-state index in [-0.39, 0.29) is 10.6 Å². The summed E-state index contributed by atoms with van der Waals surface area (Å²) in [4.78, 5) is 12.3. The fraction of sp³-hybridized carbons (Fsp3) is 0.375. The Morgan fingerprint density at radius 2 is 2.00 bits per heavy atom. The van der Waals surface area contributed by atoms with E-state index in [0.29, 0.717) is 31.4 Å². The maximum Gasteiger partial charge on any atom is 0.285 e. The number of aromatic nitrogens is 2. The second-order valence-corrected chi connectivity index (χ2v) is 7.63. The van der Waals surface area contributed by atoms with Gasteiger partial charge in [-0.25, -0.2) is 17.8 Å². The van der Waals surface area contributed by atoms with E-state index in [0.717, 1.165) is 24.8 Å². The van der Waals surface area contributed by atoms with Crippen molar-refractivity contribution >= 4 is 15.9 Å². The first-order valence-corrected chi connectivity index (χ1v) is 9.55. The maximum absolute atomic E-state index is 12.5. The maximum atomic E-state index is 12.5. The fourth-order valence-corrected chi connectivity index (χ4v) is 3.93. The van der Waals surface area contributed by atoms with Gasteiger partial charge in [-0.2, -0.15) is 5.10 Å². The Morgan fingerprint density at radius 1 is 1.16 bits per heavy atom. The normalized spacial score (nSPS) is 16.2. The molecule has 0 saturated heterocycles. The molecule has 132 valence electrons. The van der Waals surface area contributed by atoms with E-state index in [1.54, 1.807) is 16.8 Å². The summed E-state index contributed by atoms with van der Waals surface area (Å²) in [6.07, 6.45) is 2.38. The minimum atomic E-state index is -3.99. The molecule has 9 heteroatoms. The highest BCUT2D eigenvalue weighted by Crippen LogP contribution is 2.27. The lowest BCUT2D eigenvalue weighted by atomic mass is 10.1. The van der Waals surface area contributed by atoms with Gasteiger partial charge in [-0.15, -0.1) is 0 Å². The Labute approximate surface area is 144 Å². The van der Waals surface area contributed by atoms with Gasteiger partial charge in [-0.3, -0.25) is 4.79 Å². The van der Waals surface area contributed by atoms with Crippen LogP contribution < -0.4 is 14.2 Å². The number of hydrogen-bond acceptors (Lipinski definition) is 6. The quantitative estimate of drug-likeness (QED) is 0.877. The molecule has 8 nitrogen and oxygen atoms in total. The third-order valence-corrected chi connectivity index (χ3v) is 5.49. The number of fused-ring (bicyclic) bond motifs is 2. The molecule has 0 radical (unpaired) electrons. The van der Waals surface area contributed by atoms with E-state index < -0.39 is 15.9 Å². The Kier molecular flexibility index (Phi) is 3.87. The Hall–Kier alpha value is -2.55. The number of benzene rings is 1. The predicted octanol–water partition coefficient (Wildman–Crippen LogP) is 1.11. The van der Waals surface area contributed by atoms with E-state index >= 15 is 0 Å². The standard InChI is InChI=1S/C16H17N3O5S/c20-16(13-10-15-19(17-13)6-2-8-24-15)18-25(21,22)12-4-5-14-11(9-12)3-1-7-23-14/h4-5,9-10H,1-3,6-8H2,(H,18,20). The van der Waals surface area contributed by atoms with Crippen LogP contribution in [0.5, 0.6) is 11.6 Å². The van der Waals surface area contributed by atoms with Crippen LogP contribution in [0.2, 0.25) is 0 Å². The molecule has 1 N–H and O–H groups in total. The number of sulfonamides is 1. The molecule has 2 aliphatic rings. The van der Waals surface area contributed by atoms with Crippen molar-refractivity contribution < 1.29 is 22.7 Å². The second kappa shape index (κ2) is 6.07. The zero-order valence-corrected chi connectivity index (χ0v) is 14.2. The lowest BCUT2D eigenvalue weighted by Gasteiger charge is -2.17. The molecular formula is C16H17N3O5S. The summed E-state index contributed by atoms with van der Waals surface area (Å²) < 4.78 is 39.5. The van der Waals surface area contributed by atoms with E-state index in [9.17, 15) is 13.2 Å². The summed E-state index contributed by atoms with van der Waals surface area (Å²) in [5.41, 5.74) is 0.842. The minimum absolute atomic E-state index is 0.0155. The molecule has 0 aliphatic carbocycles. The molecule has 0 saturated carbocycles. The molecule has 4 rings (SSSR count). The number of hydrogen-bond donors (Lipinski definition) is 1. The molecule has 0 spiro atoms. The molecule has 1 amide bonds. The SMILES string of the molecule is O=C(NS(=O)(=O)c1ccc2c(c1)CCCO2)c1cc2n(n1)CCCO2. The zero-order valence-electron chi connectivity index (χ0n) is 13.4. The number of nitrogens with one attached hydrogen (secondary N) is 1. The Balaban J connectivity index is 1.56. The van der Waals surface area contributed by atoms with Gasteiger partial charge in [0.15, 0.2) is 5.69 Å². The highest BCUT2D eigenvalue weighted by Gasteiger charge is 2.24. The van der Waals surface area contributed by atoms with E-state index in [1.165, 1.54) is 12.1 Å². The van der Waals surface area contributed by atoms with E-state index in [4.69, 9.17) is 9.47 Å². The van der Waals surface area contributed by atoms with Gasteiger partial charge in [0.2, 0.25) is 5.88 Å². The molecule has 25 heavy (non-hydrogen) atoms. The third-order valence-electron chi connectivity index (χ3n) is 4.16. The molecule has 0 atom stereocenters. The van der Waals surface area contributed by atoms with Gasteiger partial charge in [0.25, 0.3) is 15.9 Å². The highest BCUT2D eigenvalue weighted by molar-refractivity contribution is 7.90. The van der Waals surface area contributed by atoms with Crippen molar-refractivity contribution in [3.63, 3.8) is 0 Å². The number of aryl methyl sites for hydroxylation is 2. The molecule has 0 bridgehead atoms. The molecule has 2 aromatic rings. The van der Waals surface area contributed by atoms with Crippen molar-refractivity contribution in [2.45, 2.75) is 30.7 Å². The average Bonchev–Trinajstić information content (AvgIpc) is 3.05. The first kappa shape index (κ1) is 15.9. The summed E-state index contributed by atoms with van der Waals surface area (Å²) in [6, 6.07) is 6.05. The zero-order chi connectivity index (χ0) is 17.4. The van der Waals surface area contributed by atoms with Gasteiger partial charge in [-0.1, -0.05) is 0 Å². The third kappa shape index (κ3) is 3.07. The number of rotatable bonds is 3. The number of nitrogens with zero attached hydrogens (tertiary/aromatic N) is 2. The van der Waals surface area contributed by atoms with Crippen molar-refractivity contribution in [1.29, 1.82) is 0 Å². The van der Waals surface area contributed by atoms with Crippen LogP contribution in [0, 0.1) is 0 Å². The van der Waals surface area contributed by atoms with Crippen LogP contribution >= 0.6 is 0 Å². The smallest absolute Gasteiger partial charge is 0.285 e. The van der Waals surface area contributed by atoms with Gasteiger partial charge in [-0.05, 0) is 36.6 Å². The van der Waals surface area contributed by atoms with Gasteiger partial charge in [0.1, 0.15) is 5.75 Å². The van der Waals surface area contributed by atoms with E-state index in [1.807, 2.05) is 0 Å². The molecule has 1 aromatic heterocycles. The summed E-state index contributed by atoms with van der Waals surface area (Å²) >= 11 is 0. The van der Waals surface area contributed by atoms with Crippen molar-refractivity contribution in [2.24, 2.45) is 0 Å². The van der Waals surface area contributed by atoms with Gasteiger partial charge >= 0.3 is 0 Å². The van der Waals surface area contributed by atoms with Crippen LogP contribution in [-0.2, 0) is 23.0 Å². The van der Waals surface area contributed by atoms with Crippen LogP contribution in [0.15, 0.2) is 29.2 Å². The highest BCUT2D eigenvalue weighted by atomic mass is 32.2. The molecule has 1 aromatic carbocycles. The number of ether oxygens (including phenoxy) is 2. The lowest BCUT2D eigenvalue weighted by molar-refractivity contribution is 0.0975. The number of carbonyl (C=O) groups is 1. The summed E-state index contributed by atoms with van der Waals surface area (Å²) in [7, 11) is -3.99. The van der Waals surface area contributed by atoms with Crippen molar-refractivity contribution in [2.75, 3.05) is 13.2 Å². The first-order valence-electron chi connectivity index (χ1n) is 8.06. The molecule has 0 unspecified atom stereocenters. The minimum Gasteiger partial charge on any atom is -0.493 e. The predicted molar refractivity (Wildman–Crippen MR) is 87.2 cm³/mol. The Morgan fingerprint density at radius 3 is 2.84 bits per heavy atom. The van der Waals surface area contributed by atoms with Crippen LogP contribution in [-0.4, -0.2) is 37.3 Å². The van der Waals surface area contributed by atoms with Gasteiger partial charge < -0.3 is 9.47 Å². The molecule has 0 fully saturated rings. The molecule has 2 aliphatic heterocycles. The Bertz CT molecular complexity index is 912. The average molecular weight is 363 g/mol. The van der Waals surface area contributed by atoms with Crippen molar-refractivity contribution in [3.8, 4) is 11.6 Å². The summed E-state index contributed by atoms with van der Waals surface area (Å²) in [6.45, 7) is 1.82. The van der Waals surface area contributed by atoms with Crippen LogP contribution in [0.25, 0.3) is 0 Å². The van der Waals surface area contributed by atoms with Gasteiger partial charge in [0.05, 0.1) is 18.1 Å². The summed E-state index contributed by atoms with van der Waals surface area (Å²) in [5, 5.41) is 4.09. The molecular weight excluding hydrogens is 346 g/mol. The largest absolute Gasteiger partial charge is 0.493 e.